The van der Waals surface area contributed by atoms with Crippen molar-refractivity contribution >= 4 is 5.78 Å². The molecule has 2 rings (SSSR count). The van der Waals surface area contributed by atoms with E-state index in [2.05, 4.69) is 0 Å². The topological polar surface area (TPSA) is 17.1 Å². The number of ketones is 1. The molecule has 0 radical (unpaired) electrons. The van der Waals surface area contributed by atoms with E-state index < -0.39 is 11.6 Å². The van der Waals surface area contributed by atoms with Gasteiger partial charge in [-0.05, 0) is 24.5 Å². The minimum Gasteiger partial charge on any atom is -0.299 e. The summed E-state index contributed by atoms with van der Waals surface area (Å²) < 4.78 is 26.2. The summed E-state index contributed by atoms with van der Waals surface area (Å²) in [5, 5.41) is 0. The van der Waals surface area contributed by atoms with Gasteiger partial charge < -0.3 is 0 Å². The first-order valence-corrected chi connectivity index (χ1v) is 6.63. The molecular weight excluding hydrogens is 234 g/mol. The summed E-state index contributed by atoms with van der Waals surface area (Å²) in [5.74, 6) is -1.05. The quantitative estimate of drug-likeness (QED) is 0.742. The molecule has 1 saturated carbocycles. The normalized spacial score (nSPS) is 17.4. The van der Waals surface area contributed by atoms with Crippen LogP contribution in [0.15, 0.2) is 18.2 Å². The zero-order valence-corrected chi connectivity index (χ0v) is 10.4. The number of hydrogen-bond donors (Lipinski definition) is 0. The van der Waals surface area contributed by atoms with Crippen LogP contribution in [-0.4, -0.2) is 5.78 Å². The molecule has 0 spiro atoms. The number of carbonyl (C=O) groups excluding carboxylic acids is 1. The van der Waals surface area contributed by atoms with Crippen molar-refractivity contribution in [2.45, 2.75) is 44.9 Å². The first kappa shape index (κ1) is 13.2. The van der Waals surface area contributed by atoms with Crippen molar-refractivity contribution in [2.75, 3.05) is 0 Å². The van der Waals surface area contributed by atoms with Crippen LogP contribution in [0.4, 0.5) is 8.78 Å². The van der Waals surface area contributed by atoms with Crippen LogP contribution in [-0.2, 0) is 11.2 Å². The molecule has 1 fully saturated rings. The fourth-order valence-electron chi connectivity index (χ4n) is 2.60. The summed E-state index contributed by atoms with van der Waals surface area (Å²) in [6.07, 6.45) is 6.48. The van der Waals surface area contributed by atoms with Crippen molar-refractivity contribution in [2.24, 2.45) is 5.92 Å². The molecule has 1 aromatic carbocycles. The summed E-state index contributed by atoms with van der Waals surface area (Å²) in [6, 6.07) is 3.42. The van der Waals surface area contributed by atoms with Crippen molar-refractivity contribution in [3.8, 4) is 0 Å². The van der Waals surface area contributed by atoms with E-state index in [1.807, 2.05) is 0 Å². The predicted octanol–water partition coefficient (Wildman–Crippen LogP) is 4.05. The predicted molar refractivity (Wildman–Crippen MR) is 66.3 cm³/mol. The Labute approximate surface area is 106 Å². The number of halogens is 2. The molecule has 1 aromatic rings. The average Bonchev–Trinajstić information content (AvgIpc) is 2.61. The molecule has 3 heteroatoms. The third-order valence-corrected chi connectivity index (χ3v) is 3.69. The number of hydrogen-bond acceptors (Lipinski definition) is 1. The van der Waals surface area contributed by atoms with Gasteiger partial charge in [0.05, 0.1) is 0 Å². The fourth-order valence-corrected chi connectivity index (χ4v) is 2.60. The maximum absolute atomic E-state index is 13.5. The summed E-state index contributed by atoms with van der Waals surface area (Å²) in [5.41, 5.74) is 0.311. The van der Waals surface area contributed by atoms with Crippen LogP contribution in [0.5, 0.6) is 0 Å². The number of carbonyl (C=O) groups is 1. The maximum atomic E-state index is 13.5. The van der Waals surface area contributed by atoms with Crippen molar-refractivity contribution in [3.63, 3.8) is 0 Å². The Bertz CT molecular complexity index is 421. The van der Waals surface area contributed by atoms with Gasteiger partial charge >= 0.3 is 0 Å². The van der Waals surface area contributed by atoms with Gasteiger partial charge in [0.25, 0.3) is 0 Å². The Kier molecular flexibility index (Phi) is 4.45. The Morgan fingerprint density at radius 3 is 2.39 bits per heavy atom. The Morgan fingerprint density at radius 2 is 1.78 bits per heavy atom. The molecule has 0 aromatic heterocycles. The number of benzene rings is 1. The molecule has 1 nitrogen and oxygen atoms in total. The second kappa shape index (κ2) is 6.07. The molecule has 0 unspecified atom stereocenters. The number of rotatable bonds is 3. The smallest absolute Gasteiger partial charge is 0.140 e. The van der Waals surface area contributed by atoms with Gasteiger partial charge in [0.1, 0.15) is 17.4 Å². The SMILES string of the molecule is O=C(Cc1ccc(F)cc1F)C1CCCCCC1. The van der Waals surface area contributed by atoms with Gasteiger partial charge in [-0.1, -0.05) is 31.7 Å². The number of Topliss-reactive ketones (excluding diaryl/α,β-unsaturated/α-hetero) is 1. The molecule has 98 valence electrons. The fraction of sp³-hybridized carbons (Fsp3) is 0.533. The van der Waals surface area contributed by atoms with Gasteiger partial charge in [0, 0.05) is 18.4 Å². The largest absolute Gasteiger partial charge is 0.299 e. The zero-order chi connectivity index (χ0) is 13.0. The molecule has 1 aliphatic carbocycles. The standard InChI is InChI=1S/C15H18F2O/c16-13-8-7-12(14(17)10-13)9-15(18)11-5-3-1-2-4-6-11/h7-8,10-11H,1-6,9H2. The molecule has 0 heterocycles. The minimum absolute atomic E-state index is 0.0666. The average molecular weight is 252 g/mol. The summed E-state index contributed by atoms with van der Waals surface area (Å²) in [4.78, 5) is 12.1. The highest BCUT2D eigenvalue weighted by Crippen LogP contribution is 2.25. The van der Waals surface area contributed by atoms with E-state index in [0.717, 1.165) is 31.7 Å². The molecular formula is C15H18F2O. The van der Waals surface area contributed by atoms with Gasteiger partial charge in [-0.3, -0.25) is 4.79 Å². The Morgan fingerprint density at radius 1 is 1.11 bits per heavy atom. The third-order valence-electron chi connectivity index (χ3n) is 3.69. The van der Waals surface area contributed by atoms with Gasteiger partial charge in [0.15, 0.2) is 0 Å². The van der Waals surface area contributed by atoms with Crippen molar-refractivity contribution in [3.05, 3.63) is 35.4 Å². The summed E-state index contributed by atoms with van der Waals surface area (Å²) >= 11 is 0. The van der Waals surface area contributed by atoms with Crippen molar-refractivity contribution < 1.29 is 13.6 Å². The second-order valence-corrected chi connectivity index (χ2v) is 5.07. The highest BCUT2D eigenvalue weighted by molar-refractivity contribution is 5.83. The molecule has 0 aliphatic heterocycles. The summed E-state index contributed by atoms with van der Waals surface area (Å²) in [7, 11) is 0. The lowest BCUT2D eigenvalue weighted by Crippen LogP contribution is -2.17. The van der Waals surface area contributed by atoms with Crippen LogP contribution in [0.25, 0.3) is 0 Å². The van der Waals surface area contributed by atoms with E-state index in [0.29, 0.717) is 5.56 Å². The van der Waals surface area contributed by atoms with E-state index in [-0.39, 0.29) is 18.1 Å². The van der Waals surface area contributed by atoms with E-state index in [9.17, 15) is 13.6 Å². The highest BCUT2D eigenvalue weighted by atomic mass is 19.1. The van der Waals surface area contributed by atoms with E-state index in [4.69, 9.17) is 0 Å². The second-order valence-electron chi connectivity index (χ2n) is 5.07. The van der Waals surface area contributed by atoms with Crippen LogP contribution < -0.4 is 0 Å². The Balaban J connectivity index is 2.01. The molecule has 1 aliphatic rings. The van der Waals surface area contributed by atoms with Crippen molar-refractivity contribution in [1.29, 1.82) is 0 Å². The molecule has 0 amide bonds. The van der Waals surface area contributed by atoms with Gasteiger partial charge in [-0.25, -0.2) is 8.78 Å². The first-order valence-electron chi connectivity index (χ1n) is 6.63. The zero-order valence-electron chi connectivity index (χ0n) is 10.4. The van der Waals surface area contributed by atoms with Gasteiger partial charge in [-0.15, -0.1) is 0 Å². The van der Waals surface area contributed by atoms with E-state index >= 15 is 0 Å². The van der Waals surface area contributed by atoms with Crippen LogP contribution in [0.2, 0.25) is 0 Å². The summed E-state index contributed by atoms with van der Waals surface area (Å²) in [6.45, 7) is 0. The Hall–Kier alpha value is -1.25. The lowest BCUT2D eigenvalue weighted by Gasteiger charge is -2.12. The lowest BCUT2D eigenvalue weighted by molar-refractivity contribution is -0.122. The molecule has 0 atom stereocenters. The van der Waals surface area contributed by atoms with Crippen LogP contribution in [0.1, 0.15) is 44.1 Å². The molecule has 0 bridgehead atoms. The van der Waals surface area contributed by atoms with Crippen LogP contribution in [0.3, 0.4) is 0 Å². The highest BCUT2D eigenvalue weighted by Gasteiger charge is 2.21. The van der Waals surface area contributed by atoms with Crippen LogP contribution in [0, 0.1) is 17.6 Å². The third kappa shape index (κ3) is 3.37. The van der Waals surface area contributed by atoms with E-state index in [1.165, 1.54) is 25.0 Å². The van der Waals surface area contributed by atoms with Gasteiger partial charge in [0.2, 0.25) is 0 Å². The molecule has 0 saturated heterocycles. The molecule has 0 N–H and O–H groups in total. The first-order chi connectivity index (χ1) is 8.66. The van der Waals surface area contributed by atoms with E-state index in [1.54, 1.807) is 0 Å². The minimum atomic E-state index is -0.614. The van der Waals surface area contributed by atoms with Gasteiger partial charge in [-0.2, -0.15) is 0 Å². The maximum Gasteiger partial charge on any atom is 0.140 e. The lowest BCUT2D eigenvalue weighted by atomic mass is 9.91. The monoisotopic (exact) mass is 252 g/mol. The molecule has 18 heavy (non-hydrogen) atoms. The van der Waals surface area contributed by atoms with Crippen LogP contribution >= 0.6 is 0 Å². The van der Waals surface area contributed by atoms with Crippen molar-refractivity contribution in [1.82, 2.24) is 0 Å².